The molecule has 0 spiro atoms. The summed E-state index contributed by atoms with van der Waals surface area (Å²) in [5.41, 5.74) is 0. The zero-order chi connectivity index (χ0) is 13.8. The van der Waals surface area contributed by atoms with Crippen molar-refractivity contribution in [3.8, 4) is 0 Å². The van der Waals surface area contributed by atoms with Gasteiger partial charge in [-0.15, -0.1) is 0 Å². The van der Waals surface area contributed by atoms with Crippen molar-refractivity contribution in [3.63, 3.8) is 0 Å². The number of nitrogens with zero attached hydrogens (tertiary/aromatic N) is 1. The molecule has 2 saturated carbocycles. The highest BCUT2D eigenvalue weighted by atomic mass is 16.5. The van der Waals surface area contributed by atoms with Crippen LogP contribution in [-0.2, 0) is 4.74 Å². The lowest BCUT2D eigenvalue weighted by molar-refractivity contribution is 0.0441. The van der Waals surface area contributed by atoms with E-state index in [4.69, 9.17) is 4.74 Å². The Morgan fingerprint density at radius 3 is 2.50 bits per heavy atom. The van der Waals surface area contributed by atoms with Crippen LogP contribution < -0.4 is 5.32 Å². The third kappa shape index (κ3) is 4.19. The van der Waals surface area contributed by atoms with Crippen molar-refractivity contribution in [3.05, 3.63) is 0 Å². The van der Waals surface area contributed by atoms with Gasteiger partial charge in [0.2, 0.25) is 0 Å². The smallest absolute Gasteiger partial charge is 0.0594 e. The van der Waals surface area contributed by atoms with Gasteiger partial charge >= 0.3 is 0 Å². The average Bonchev–Trinajstić information content (AvgIpc) is 3.24. The van der Waals surface area contributed by atoms with Gasteiger partial charge in [-0.25, -0.2) is 0 Å². The zero-order valence-electron chi connectivity index (χ0n) is 13.2. The number of hydrogen-bond donors (Lipinski definition) is 1. The molecule has 20 heavy (non-hydrogen) atoms. The Labute approximate surface area is 124 Å². The molecule has 3 fully saturated rings. The normalized spacial score (nSPS) is 33.5. The predicted octanol–water partition coefficient (Wildman–Crippen LogP) is 2.94. The highest BCUT2D eigenvalue weighted by molar-refractivity contribution is 4.95. The molecule has 1 heterocycles. The fourth-order valence-electron chi connectivity index (χ4n) is 4.02. The van der Waals surface area contributed by atoms with Crippen molar-refractivity contribution in [2.75, 3.05) is 19.7 Å². The van der Waals surface area contributed by atoms with Crippen molar-refractivity contribution < 1.29 is 4.74 Å². The molecule has 0 aromatic rings. The fourth-order valence-corrected chi connectivity index (χ4v) is 4.02. The third-order valence-electron chi connectivity index (χ3n) is 5.33. The van der Waals surface area contributed by atoms with Crippen LogP contribution in [0.25, 0.3) is 0 Å². The molecule has 0 amide bonds. The summed E-state index contributed by atoms with van der Waals surface area (Å²) >= 11 is 0. The van der Waals surface area contributed by atoms with Crippen LogP contribution in [0.1, 0.15) is 64.7 Å². The molecular formula is C17H32N2O. The average molecular weight is 280 g/mol. The van der Waals surface area contributed by atoms with E-state index in [-0.39, 0.29) is 0 Å². The van der Waals surface area contributed by atoms with Gasteiger partial charge in [0.15, 0.2) is 0 Å². The van der Waals surface area contributed by atoms with Crippen LogP contribution in [0, 0.1) is 0 Å². The molecule has 0 bridgehead atoms. The first-order valence-corrected chi connectivity index (χ1v) is 8.93. The number of likely N-dealkylation sites (tertiary alicyclic amines) is 1. The van der Waals surface area contributed by atoms with E-state index in [2.05, 4.69) is 17.1 Å². The minimum atomic E-state index is 0.546. The lowest BCUT2D eigenvalue weighted by Crippen LogP contribution is -2.36. The zero-order valence-corrected chi connectivity index (χ0v) is 13.2. The van der Waals surface area contributed by atoms with Crippen LogP contribution in [0.15, 0.2) is 0 Å². The summed E-state index contributed by atoms with van der Waals surface area (Å²) in [4.78, 5) is 2.71. The van der Waals surface area contributed by atoms with Gasteiger partial charge in [-0.3, -0.25) is 4.90 Å². The third-order valence-corrected chi connectivity index (χ3v) is 5.33. The van der Waals surface area contributed by atoms with Gasteiger partial charge in [0.05, 0.1) is 12.7 Å². The second-order valence-electron chi connectivity index (χ2n) is 7.15. The maximum atomic E-state index is 6.06. The molecule has 0 aromatic heterocycles. The summed E-state index contributed by atoms with van der Waals surface area (Å²) in [7, 11) is 0. The minimum Gasteiger partial charge on any atom is -0.377 e. The Morgan fingerprint density at radius 2 is 1.80 bits per heavy atom. The SMILES string of the molecule is C[C@H]1C[C@@H](NCCOC2CCCCCC2)CN1C1CC1. The lowest BCUT2D eigenvalue weighted by atomic mass is 10.1. The molecule has 1 saturated heterocycles. The van der Waals surface area contributed by atoms with Crippen molar-refractivity contribution in [2.24, 2.45) is 0 Å². The highest BCUT2D eigenvalue weighted by Crippen LogP contribution is 2.33. The molecular weight excluding hydrogens is 248 g/mol. The van der Waals surface area contributed by atoms with Crippen LogP contribution in [0.2, 0.25) is 0 Å². The molecule has 2 atom stereocenters. The van der Waals surface area contributed by atoms with E-state index in [1.807, 2.05) is 0 Å². The molecule has 3 heteroatoms. The van der Waals surface area contributed by atoms with Crippen LogP contribution >= 0.6 is 0 Å². The van der Waals surface area contributed by atoms with E-state index in [1.165, 1.54) is 64.3 Å². The first kappa shape index (κ1) is 14.8. The summed E-state index contributed by atoms with van der Waals surface area (Å²) in [5.74, 6) is 0. The Kier molecular flexibility index (Phi) is 5.36. The number of hydrogen-bond acceptors (Lipinski definition) is 3. The molecule has 3 nitrogen and oxygen atoms in total. The predicted molar refractivity (Wildman–Crippen MR) is 83.0 cm³/mol. The van der Waals surface area contributed by atoms with Crippen LogP contribution in [-0.4, -0.2) is 48.8 Å². The number of rotatable bonds is 6. The van der Waals surface area contributed by atoms with E-state index < -0.39 is 0 Å². The molecule has 0 unspecified atom stereocenters. The molecule has 1 aliphatic heterocycles. The maximum absolute atomic E-state index is 6.06. The van der Waals surface area contributed by atoms with Gasteiger partial charge in [0, 0.05) is 31.2 Å². The van der Waals surface area contributed by atoms with E-state index >= 15 is 0 Å². The standard InChI is InChI=1S/C17H32N2O/c1-14-12-15(13-19(14)16-8-9-16)18-10-11-20-17-6-4-2-3-5-7-17/h14-18H,2-13H2,1H3/t14-,15+/m0/s1. The second-order valence-corrected chi connectivity index (χ2v) is 7.15. The molecule has 116 valence electrons. The van der Waals surface area contributed by atoms with Crippen molar-refractivity contribution in [2.45, 2.75) is 88.9 Å². The van der Waals surface area contributed by atoms with Gasteiger partial charge in [0.25, 0.3) is 0 Å². The number of nitrogens with one attached hydrogen (secondary N) is 1. The van der Waals surface area contributed by atoms with Gasteiger partial charge < -0.3 is 10.1 Å². The lowest BCUT2D eigenvalue weighted by Gasteiger charge is -2.20. The van der Waals surface area contributed by atoms with Crippen molar-refractivity contribution in [1.29, 1.82) is 0 Å². The first-order valence-electron chi connectivity index (χ1n) is 8.93. The second kappa shape index (κ2) is 7.24. The van der Waals surface area contributed by atoms with Crippen LogP contribution in [0.3, 0.4) is 0 Å². The van der Waals surface area contributed by atoms with Crippen LogP contribution in [0.4, 0.5) is 0 Å². The molecule has 3 rings (SSSR count). The van der Waals surface area contributed by atoms with E-state index in [1.54, 1.807) is 0 Å². The topological polar surface area (TPSA) is 24.5 Å². The summed E-state index contributed by atoms with van der Waals surface area (Å²) < 4.78 is 6.06. The largest absolute Gasteiger partial charge is 0.377 e. The molecule has 1 N–H and O–H groups in total. The Hall–Kier alpha value is -0.120. The molecule has 0 radical (unpaired) electrons. The summed E-state index contributed by atoms with van der Waals surface area (Å²) in [6.07, 6.45) is 12.9. The maximum Gasteiger partial charge on any atom is 0.0594 e. The molecule has 2 aliphatic carbocycles. The monoisotopic (exact) mass is 280 g/mol. The van der Waals surface area contributed by atoms with Crippen molar-refractivity contribution in [1.82, 2.24) is 10.2 Å². The molecule has 0 aromatic carbocycles. The minimum absolute atomic E-state index is 0.546. The Morgan fingerprint density at radius 1 is 1.05 bits per heavy atom. The van der Waals surface area contributed by atoms with E-state index in [0.717, 1.165) is 25.2 Å². The summed E-state index contributed by atoms with van der Waals surface area (Å²) in [6, 6.07) is 2.39. The first-order chi connectivity index (χ1) is 9.83. The van der Waals surface area contributed by atoms with Gasteiger partial charge in [-0.05, 0) is 39.0 Å². The quantitative estimate of drug-likeness (QED) is 0.598. The summed E-state index contributed by atoms with van der Waals surface area (Å²) in [6.45, 7) is 5.59. The van der Waals surface area contributed by atoms with Gasteiger partial charge in [0.1, 0.15) is 0 Å². The van der Waals surface area contributed by atoms with Gasteiger partial charge in [-0.2, -0.15) is 0 Å². The van der Waals surface area contributed by atoms with Gasteiger partial charge in [-0.1, -0.05) is 25.7 Å². The van der Waals surface area contributed by atoms with E-state index in [9.17, 15) is 0 Å². The molecule has 3 aliphatic rings. The number of ether oxygens (including phenoxy) is 1. The van der Waals surface area contributed by atoms with Crippen molar-refractivity contribution >= 4 is 0 Å². The summed E-state index contributed by atoms with van der Waals surface area (Å²) in [5, 5.41) is 3.71. The van der Waals surface area contributed by atoms with Crippen LogP contribution in [0.5, 0.6) is 0 Å². The van der Waals surface area contributed by atoms with E-state index in [0.29, 0.717) is 12.1 Å². The highest BCUT2D eigenvalue weighted by Gasteiger charge is 2.38. The Bertz CT molecular complexity index is 285. The Balaban J connectivity index is 1.28. The fraction of sp³-hybridized carbons (Fsp3) is 1.00.